The van der Waals surface area contributed by atoms with Crippen LogP contribution in [-0.4, -0.2) is 22.8 Å². The number of thioether (sulfide) groups is 1. The minimum absolute atomic E-state index is 0.475. The topological polar surface area (TPSA) is 47.0 Å². The van der Waals surface area contributed by atoms with E-state index in [9.17, 15) is 0 Å². The van der Waals surface area contributed by atoms with Crippen molar-refractivity contribution in [2.75, 3.05) is 18.1 Å². The first-order chi connectivity index (χ1) is 9.22. The molecule has 0 bridgehead atoms. The Morgan fingerprint density at radius 1 is 1.32 bits per heavy atom. The highest BCUT2D eigenvalue weighted by atomic mass is 35.5. The van der Waals surface area contributed by atoms with E-state index in [1.54, 1.807) is 18.2 Å². The largest absolute Gasteiger partial charge is 0.437 e. The molecule has 0 aliphatic heterocycles. The summed E-state index contributed by atoms with van der Waals surface area (Å²) in [5.74, 6) is 1.80. The zero-order valence-corrected chi connectivity index (χ0v) is 12.3. The molecule has 1 aromatic heterocycles. The van der Waals surface area contributed by atoms with Gasteiger partial charge < -0.3 is 10.1 Å². The lowest BCUT2D eigenvalue weighted by Gasteiger charge is -2.09. The first-order valence-corrected chi connectivity index (χ1v) is 7.42. The number of benzene rings is 1. The molecular weight excluding hydrogens is 282 g/mol. The van der Waals surface area contributed by atoms with Gasteiger partial charge in [-0.2, -0.15) is 4.98 Å². The molecule has 1 N–H and O–H groups in total. The van der Waals surface area contributed by atoms with E-state index in [1.807, 2.05) is 25.3 Å². The molecule has 0 fully saturated rings. The minimum Gasteiger partial charge on any atom is -0.437 e. The van der Waals surface area contributed by atoms with Crippen molar-refractivity contribution in [3.8, 4) is 11.6 Å². The third-order valence-corrected chi connectivity index (χ3v) is 3.13. The summed E-state index contributed by atoms with van der Waals surface area (Å²) in [5, 5.41) is 4.35. The van der Waals surface area contributed by atoms with Gasteiger partial charge in [-0.1, -0.05) is 35.5 Å². The van der Waals surface area contributed by atoms with Crippen molar-refractivity contribution in [1.29, 1.82) is 0 Å². The number of anilines is 1. The number of ether oxygens (including phenoxy) is 1. The molecule has 6 heteroatoms. The number of para-hydroxylation sites is 1. The number of aromatic nitrogens is 2. The monoisotopic (exact) mass is 295 g/mol. The van der Waals surface area contributed by atoms with Gasteiger partial charge in [-0.05, 0) is 25.3 Å². The lowest BCUT2D eigenvalue weighted by atomic mass is 10.3. The minimum atomic E-state index is 0.475. The Morgan fingerprint density at radius 2 is 2.11 bits per heavy atom. The average molecular weight is 296 g/mol. The Kier molecular flexibility index (Phi) is 4.87. The van der Waals surface area contributed by atoms with E-state index in [1.165, 1.54) is 11.8 Å². The Labute approximate surface area is 121 Å². The first-order valence-electron chi connectivity index (χ1n) is 5.82. The van der Waals surface area contributed by atoms with E-state index < -0.39 is 0 Å². The van der Waals surface area contributed by atoms with Crippen molar-refractivity contribution in [3.05, 3.63) is 35.4 Å². The smallest absolute Gasteiger partial charge is 0.225 e. The van der Waals surface area contributed by atoms with Gasteiger partial charge in [0.05, 0.1) is 5.02 Å². The van der Waals surface area contributed by atoms with Gasteiger partial charge in [-0.3, -0.25) is 0 Å². The lowest BCUT2D eigenvalue weighted by molar-refractivity contribution is 0.456. The standard InChI is InChI=1S/C13H14ClN3OS/c1-3-15-11-8-12(17-13(16-11)19-2)18-10-7-5-4-6-9(10)14/h4-8H,3H2,1-2H3,(H,15,16,17). The van der Waals surface area contributed by atoms with Gasteiger partial charge >= 0.3 is 0 Å². The van der Waals surface area contributed by atoms with Gasteiger partial charge in [-0.15, -0.1) is 0 Å². The van der Waals surface area contributed by atoms with Crippen molar-refractivity contribution in [2.24, 2.45) is 0 Å². The number of hydrogen-bond acceptors (Lipinski definition) is 5. The third-order valence-electron chi connectivity index (χ3n) is 2.27. The summed E-state index contributed by atoms with van der Waals surface area (Å²) in [7, 11) is 0. The summed E-state index contributed by atoms with van der Waals surface area (Å²) in [4.78, 5) is 8.63. The van der Waals surface area contributed by atoms with Crippen LogP contribution in [0.15, 0.2) is 35.5 Å². The van der Waals surface area contributed by atoms with Gasteiger partial charge in [0.1, 0.15) is 11.6 Å². The van der Waals surface area contributed by atoms with Crippen molar-refractivity contribution >= 4 is 29.2 Å². The molecule has 0 saturated carbocycles. The van der Waals surface area contributed by atoms with Crippen LogP contribution < -0.4 is 10.1 Å². The second-order valence-electron chi connectivity index (χ2n) is 3.64. The fourth-order valence-electron chi connectivity index (χ4n) is 1.46. The van der Waals surface area contributed by atoms with Crippen molar-refractivity contribution in [2.45, 2.75) is 12.1 Å². The number of rotatable bonds is 5. The van der Waals surface area contributed by atoms with E-state index in [4.69, 9.17) is 16.3 Å². The van der Waals surface area contributed by atoms with Crippen LogP contribution in [0.3, 0.4) is 0 Å². The van der Waals surface area contributed by atoms with Crippen LogP contribution in [0, 0.1) is 0 Å². The summed E-state index contributed by atoms with van der Waals surface area (Å²) in [6.45, 7) is 2.80. The van der Waals surface area contributed by atoms with E-state index in [0.29, 0.717) is 21.8 Å². The SMILES string of the molecule is CCNc1cc(Oc2ccccc2Cl)nc(SC)n1. The van der Waals surface area contributed by atoms with Gasteiger partial charge in [0.15, 0.2) is 5.16 Å². The molecule has 1 aromatic carbocycles. The molecule has 0 saturated heterocycles. The zero-order valence-electron chi connectivity index (χ0n) is 10.7. The highest BCUT2D eigenvalue weighted by molar-refractivity contribution is 7.98. The fraction of sp³-hybridized carbons (Fsp3) is 0.231. The molecule has 0 amide bonds. The second-order valence-corrected chi connectivity index (χ2v) is 4.82. The maximum atomic E-state index is 6.06. The summed E-state index contributed by atoms with van der Waals surface area (Å²) in [5.41, 5.74) is 0. The van der Waals surface area contributed by atoms with E-state index >= 15 is 0 Å². The van der Waals surface area contributed by atoms with Gasteiger partial charge in [0, 0.05) is 12.6 Å². The van der Waals surface area contributed by atoms with E-state index in [0.717, 1.165) is 12.4 Å². The summed E-state index contributed by atoms with van der Waals surface area (Å²) >= 11 is 7.52. The normalized spacial score (nSPS) is 10.3. The van der Waals surface area contributed by atoms with Gasteiger partial charge in [0.2, 0.25) is 5.88 Å². The van der Waals surface area contributed by atoms with Crippen molar-refractivity contribution < 1.29 is 4.74 Å². The number of nitrogens with one attached hydrogen (secondary N) is 1. The van der Waals surface area contributed by atoms with Crippen molar-refractivity contribution in [1.82, 2.24) is 9.97 Å². The molecule has 0 aliphatic carbocycles. The van der Waals surface area contributed by atoms with Gasteiger partial charge in [0.25, 0.3) is 0 Å². The average Bonchev–Trinajstić information content (AvgIpc) is 2.41. The highest BCUT2D eigenvalue weighted by Crippen LogP contribution is 2.29. The predicted octanol–water partition coefficient (Wildman–Crippen LogP) is 4.08. The number of hydrogen-bond donors (Lipinski definition) is 1. The van der Waals surface area contributed by atoms with Crippen LogP contribution in [0.25, 0.3) is 0 Å². The molecule has 19 heavy (non-hydrogen) atoms. The predicted molar refractivity (Wildman–Crippen MR) is 79.5 cm³/mol. The molecule has 2 rings (SSSR count). The van der Waals surface area contributed by atoms with E-state index in [2.05, 4.69) is 15.3 Å². The molecule has 0 unspecified atom stereocenters. The van der Waals surface area contributed by atoms with Crippen molar-refractivity contribution in [3.63, 3.8) is 0 Å². The zero-order chi connectivity index (χ0) is 13.7. The Bertz CT molecular complexity index is 565. The first kappa shape index (κ1) is 14.0. The third kappa shape index (κ3) is 3.75. The molecule has 100 valence electrons. The summed E-state index contributed by atoms with van der Waals surface area (Å²) in [6, 6.07) is 9.05. The van der Waals surface area contributed by atoms with Gasteiger partial charge in [-0.25, -0.2) is 4.98 Å². The molecule has 1 heterocycles. The molecule has 4 nitrogen and oxygen atoms in total. The fourth-order valence-corrected chi connectivity index (χ4v) is 2.00. The van der Waals surface area contributed by atoms with Crippen LogP contribution >= 0.6 is 23.4 Å². The maximum Gasteiger partial charge on any atom is 0.225 e. The van der Waals surface area contributed by atoms with E-state index in [-0.39, 0.29) is 0 Å². The molecule has 0 radical (unpaired) electrons. The highest BCUT2D eigenvalue weighted by Gasteiger charge is 2.07. The van der Waals surface area contributed by atoms with Crippen LogP contribution in [-0.2, 0) is 0 Å². The van der Waals surface area contributed by atoms with Crippen LogP contribution in [0.1, 0.15) is 6.92 Å². The molecule has 0 spiro atoms. The molecular formula is C13H14ClN3OS. The molecule has 2 aromatic rings. The Hall–Kier alpha value is -1.46. The quantitative estimate of drug-likeness (QED) is 0.665. The second kappa shape index (κ2) is 6.63. The number of halogens is 1. The lowest BCUT2D eigenvalue weighted by Crippen LogP contribution is -2.02. The number of nitrogens with zero attached hydrogens (tertiary/aromatic N) is 2. The molecule has 0 atom stereocenters. The Balaban J connectivity index is 2.29. The summed E-state index contributed by atoms with van der Waals surface area (Å²) < 4.78 is 5.70. The van der Waals surface area contributed by atoms with Crippen LogP contribution in [0.4, 0.5) is 5.82 Å². The molecule has 0 aliphatic rings. The maximum absolute atomic E-state index is 6.06. The van der Waals surface area contributed by atoms with Crippen LogP contribution in [0.5, 0.6) is 11.6 Å². The Morgan fingerprint density at radius 3 is 2.79 bits per heavy atom. The van der Waals surface area contributed by atoms with Crippen LogP contribution in [0.2, 0.25) is 5.02 Å². The summed E-state index contributed by atoms with van der Waals surface area (Å²) in [6.07, 6.45) is 1.92.